The minimum absolute atomic E-state index is 0.723. The molecule has 1 heterocycles. The number of hydrogen-bond acceptors (Lipinski definition) is 2. The summed E-state index contributed by atoms with van der Waals surface area (Å²) in [6.07, 6.45) is 6.74. The van der Waals surface area contributed by atoms with Crippen molar-refractivity contribution in [3.63, 3.8) is 0 Å². The monoisotopic (exact) mass is 384 g/mol. The molecule has 0 fully saturated rings. The van der Waals surface area contributed by atoms with E-state index in [9.17, 15) is 0 Å². The summed E-state index contributed by atoms with van der Waals surface area (Å²) in [5.74, 6) is 0.723. The van der Waals surface area contributed by atoms with Gasteiger partial charge in [0.2, 0.25) is 0 Å². The first kappa shape index (κ1) is 18.1. The Morgan fingerprint density at radius 1 is 0.633 bits per heavy atom. The summed E-state index contributed by atoms with van der Waals surface area (Å²) in [4.78, 5) is 9.67. The summed E-state index contributed by atoms with van der Waals surface area (Å²) >= 11 is 0. The second-order valence-corrected chi connectivity index (χ2v) is 7.29. The summed E-state index contributed by atoms with van der Waals surface area (Å²) in [5.41, 5.74) is 10.7. The number of benzene rings is 3. The lowest BCUT2D eigenvalue weighted by molar-refractivity contribution is 1.13. The van der Waals surface area contributed by atoms with Crippen molar-refractivity contribution >= 4 is 5.57 Å². The summed E-state index contributed by atoms with van der Waals surface area (Å²) in [7, 11) is 0. The Bertz CT molecular complexity index is 1260. The maximum Gasteiger partial charge on any atom is 0.161 e. The lowest BCUT2D eigenvalue weighted by Gasteiger charge is -2.10. The van der Waals surface area contributed by atoms with Gasteiger partial charge in [-0.1, -0.05) is 84.9 Å². The highest BCUT2D eigenvalue weighted by molar-refractivity contribution is 5.77. The zero-order valence-corrected chi connectivity index (χ0v) is 16.5. The molecule has 1 aliphatic rings. The van der Waals surface area contributed by atoms with E-state index in [1.807, 2.05) is 42.5 Å². The zero-order chi connectivity index (χ0) is 20.2. The largest absolute Gasteiger partial charge is 0.228 e. The Kier molecular flexibility index (Phi) is 4.91. The van der Waals surface area contributed by atoms with Crippen LogP contribution in [0.25, 0.3) is 28.1 Å². The summed E-state index contributed by atoms with van der Waals surface area (Å²) in [6, 6.07) is 31.5. The van der Waals surface area contributed by atoms with Crippen LogP contribution in [-0.2, 0) is 6.42 Å². The Morgan fingerprint density at radius 2 is 1.23 bits per heavy atom. The van der Waals surface area contributed by atoms with E-state index in [0.717, 1.165) is 40.3 Å². The second kappa shape index (κ2) is 8.16. The Morgan fingerprint density at radius 3 is 1.87 bits per heavy atom. The molecule has 2 heteroatoms. The van der Waals surface area contributed by atoms with Crippen LogP contribution >= 0.6 is 0 Å². The van der Waals surface area contributed by atoms with Crippen molar-refractivity contribution in [2.45, 2.75) is 6.42 Å². The fourth-order valence-corrected chi connectivity index (χ4v) is 3.57. The molecule has 1 aromatic heterocycles. The molecule has 1 aliphatic carbocycles. The average Bonchev–Trinajstić information content (AvgIpc) is 3.36. The van der Waals surface area contributed by atoms with Gasteiger partial charge in [-0.15, -0.1) is 5.73 Å². The van der Waals surface area contributed by atoms with Crippen molar-refractivity contribution in [3.05, 3.63) is 132 Å². The van der Waals surface area contributed by atoms with Crippen molar-refractivity contribution in [2.24, 2.45) is 0 Å². The van der Waals surface area contributed by atoms with Crippen molar-refractivity contribution in [3.8, 4) is 22.5 Å². The third kappa shape index (κ3) is 3.91. The molecule has 142 valence electrons. The van der Waals surface area contributed by atoms with Gasteiger partial charge in [-0.2, -0.15) is 0 Å². The van der Waals surface area contributed by atoms with E-state index in [4.69, 9.17) is 9.97 Å². The third-order valence-electron chi connectivity index (χ3n) is 5.15. The number of allylic oxidation sites excluding steroid dienone is 3. The lowest BCUT2D eigenvalue weighted by atomic mass is 10.0. The van der Waals surface area contributed by atoms with Crippen molar-refractivity contribution < 1.29 is 0 Å². The third-order valence-corrected chi connectivity index (χ3v) is 5.15. The van der Waals surface area contributed by atoms with Crippen LogP contribution in [0.3, 0.4) is 0 Å². The quantitative estimate of drug-likeness (QED) is 0.367. The van der Waals surface area contributed by atoms with Gasteiger partial charge in [0.05, 0.1) is 11.4 Å². The fourth-order valence-electron chi connectivity index (χ4n) is 3.57. The van der Waals surface area contributed by atoms with Crippen molar-refractivity contribution in [1.82, 2.24) is 9.97 Å². The first-order valence-corrected chi connectivity index (χ1v) is 10.1. The van der Waals surface area contributed by atoms with Crippen LogP contribution in [0.4, 0.5) is 0 Å². The molecular weight excluding hydrogens is 364 g/mol. The first-order chi connectivity index (χ1) is 14.8. The number of aromatic nitrogens is 2. The summed E-state index contributed by atoms with van der Waals surface area (Å²) < 4.78 is 0. The molecule has 0 bridgehead atoms. The second-order valence-electron chi connectivity index (χ2n) is 7.29. The maximum absolute atomic E-state index is 4.85. The average molecular weight is 384 g/mol. The Balaban J connectivity index is 1.51. The highest BCUT2D eigenvalue weighted by atomic mass is 14.9. The van der Waals surface area contributed by atoms with Crippen LogP contribution < -0.4 is 0 Å². The molecule has 5 rings (SSSR count). The normalized spacial score (nSPS) is 12.2. The predicted molar refractivity (Wildman–Crippen MR) is 123 cm³/mol. The van der Waals surface area contributed by atoms with Crippen LogP contribution in [0.1, 0.15) is 17.0 Å². The molecule has 3 aromatic carbocycles. The van der Waals surface area contributed by atoms with Gasteiger partial charge in [0, 0.05) is 16.7 Å². The molecule has 0 unspecified atom stereocenters. The maximum atomic E-state index is 4.85. The van der Waals surface area contributed by atoms with E-state index >= 15 is 0 Å². The standard InChI is InChI=1S/C28H20N2/c1-3-9-21(10-4-1)19-22-15-17-24(18-16-22)27-20-26(23-11-5-2-6-12-23)29-28(30-27)25-13-7-8-14-25/h1-7,9-18,20H,19H2. The Labute approximate surface area is 176 Å². The molecule has 0 saturated carbocycles. The van der Waals surface area contributed by atoms with Gasteiger partial charge in [-0.05, 0) is 41.8 Å². The van der Waals surface area contributed by atoms with Crippen molar-refractivity contribution in [1.29, 1.82) is 0 Å². The number of rotatable bonds is 5. The van der Waals surface area contributed by atoms with E-state index in [1.165, 1.54) is 11.1 Å². The van der Waals surface area contributed by atoms with E-state index in [-0.39, 0.29) is 0 Å². The van der Waals surface area contributed by atoms with E-state index in [1.54, 1.807) is 0 Å². The summed E-state index contributed by atoms with van der Waals surface area (Å²) in [5, 5.41) is 0. The minimum Gasteiger partial charge on any atom is -0.228 e. The van der Waals surface area contributed by atoms with Gasteiger partial charge in [0.25, 0.3) is 0 Å². The predicted octanol–water partition coefficient (Wildman–Crippen LogP) is 6.51. The van der Waals surface area contributed by atoms with Gasteiger partial charge in [0.1, 0.15) is 0 Å². The lowest BCUT2D eigenvalue weighted by Crippen LogP contribution is -1.98. The van der Waals surface area contributed by atoms with Crippen molar-refractivity contribution in [2.75, 3.05) is 0 Å². The van der Waals surface area contributed by atoms with E-state index in [0.29, 0.717) is 0 Å². The minimum atomic E-state index is 0.723. The molecule has 0 aliphatic heterocycles. The molecular formula is C28H20N2. The number of hydrogen-bond donors (Lipinski definition) is 0. The van der Waals surface area contributed by atoms with Gasteiger partial charge in [-0.25, -0.2) is 9.97 Å². The highest BCUT2D eigenvalue weighted by Gasteiger charge is 2.11. The van der Waals surface area contributed by atoms with Crippen LogP contribution in [0.15, 0.2) is 115 Å². The molecule has 0 atom stereocenters. The topological polar surface area (TPSA) is 25.8 Å². The molecule has 0 saturated heterocycles. The summed E-state index contributed by atoms with van der Waals surface area (Å²) in [6.45, 7) is 0. The molecule has 0 spiro atoms. The Hall–Kier alpha value is -4.00. The van der Waals surface area contributed by atoms with Crippen LogP contribution in [0, 0.1) is 0 Å². The molecule has 4 aromatic rings. The molecule has 0 amide bonds. The SMILES string of the molecule is C1=CC=C(c2nc(-c3ccccc3)cc(-c3ccc(Cc4ccccc4)cc3)n2)C=1. The van der Waals surface area contributed by atoms with E-state index < -0.39 is 0 Å². The van der Waals surface area contributed by atoms with Crippen LogP contribution in [0.5, 0.6) is 0 Å². The van der Waals surface area contributed by atoms with Gasteiger partial charge in [0.15, 0.2) is 5.82 Å². The van der Waals surface area contributed by atoms with E-state index in [2.05, 4.69) is 72.5 Å². The molecule has 0 N–H and O–H groups in total. The fraction of sp³-hybridized carbons (Fsp3) is 0.0357. The number of nitrogens with zero attached hydrogens (tertiary/aromatic N) is 2. The first-order valence-electron chi connectivity index (χ1n) is 10.1. The van der Waals surface area contributed by atoms with Crippen LogP contribution in [-0.4, -0.2) is 9.97 Å². The van der Waals surface area contributed by atoms with Gasteiger partial charge < -0.3 is 0 Å². The molecule has 30 heavy (non-hydrogen) atoms. The molecule has 2 nitrogen and oxygen atoms in total. The highest BCUT2D eigenvalue weighted by Crippen LogP contribution is 2.27. The zero-order valence-electron chi connectivity index (χ0n) is 16.5. The van der Waals surface area contributed by atoms with Crippen LogP contribution in [0.2, 0.25) is 0 Å². The molecule has 0 radical (unpaired) electrons. The smallest absolute Gasteiger partial charge is 0.161 e. The van der Waals surface area contributed by atoms with Gasteiger partial charge >= 0.3 is 0 Å². The van der Waals surface area contributed by atoms with Gasteiger partial charge in [-0.3, -0.25) is 0 Å².